The lowest BCUT2D eigenvalue weighted by Gasteiger charge is -2.06. The lowest BCUT2D eigenvalue weighted by atomic mass is 10.1. The van der Waals surface area contributed by atoms with Crippen LogP contribution in [-0.2, 0) is 0 Å². The fraction of sp³-hybridized carbons (Fsp3) is 0.176. The van der Waals surface area contributed by atoms with Gasteiger partial charge in [0, 0.05) is 5.56 Å². The number of halogens is 1. The Bertz CT molecular complexity index is 663. The Morgan fingerprint density at radius 2 is 1.86 bits per heavy atom. The van der Waals surface area contributed by atoms with E-state index in [1.54, 1.807) is 6.07 Å². The van der Waals surface area contributed by atoms with Crippen molar-refractivity contribution in [2.24, 2.45) is 5.10 Å². The number of rotatable bonds is 4. The minimum atomic E-state index is -0.444. The maximum Gasteiger partial charge on any atom is 0.271 e. The Kier molecular flexibility index (Phi) is 4.82. The average molecular weight is 284 g/mol. The molecule has 0 saturated heterocycles. The molecule has 0 aliphatic heterocycles. The second kappa shape index (κ2) is 6.79. The highest BCUT2D eigenvalue weighted by Crippen LogP contribution is 2.07. The quantitative estimate of drug-likeness (QED) is 0.675. The molecule has 0 unspecified atom stereocenters. The van der Waals surface area contributed by atoms with E-state index in [9.17, 15) is 9.18 Å². The number of carbonyl (C=O) groups excluding carboxylic acids is 1. The molecule has 0 aliphatic rings. The van der Waals surface area contributed by atoms with Crippen molar-refractivity contribution in [2.45, 2.75) is 20.3 Å². The highest BCUT2D eigenvalue weighted by atomic mass is 19.1. The smallest absolute Gasteiger partial charge is 0.267 e. The van der Waals surface area contributed by atoms with Gasteiger partial charge in [0.05, 0.1) is 5.71 Å². The lowest BCUT2D eigenvalue weighted by Crippen LogP contribution is -2.20. The number of hydrogen-bond donors (Lipinski definition) is 1. The van der Waals surface area contributed by atoms with Gasteiger partial charge in [0.25, 0.3) is 5.91 Å². The molecule has 0 atom stereocenters. The van der Waals surface area contributed by atoms with Crippen molar-refractivity contribution >= 4 is 11.6 Å². The summed E-state index contributed by atoms with van der Waals surface area (Å²) in [5, 5.41) is 4.14. The molecule has 1 amide bonds. The molecule has 2 rings (SSSR count). The van der Waals surface area contributed by atoms with Gasteiger partial charge < -0.3 is 0 Å². The third-order valence-electron chi connectivity index (χ3n) is 3.10. The van der Waals surface area contributed by atoms with Crippen LogP contribution >= 0.6 is 0 Å². The minimum absolute atomic E-state index is 0.248. The largest absolute Gasteiger partial charge is 0.271 e. The number of benzene rings is 2. The molecule has 2 aromatic carbocycles. The summed E-state index contributed by atoms with van der Waals surface area (Å²) in [5.74, 6) is -0.867. The summed E-state index contributed by atoms with van der Waals surface area (Å²) in [4.78, 5) is 11.9. The zero-order chi connectivity index (χ0) is 15.2. The first kappa shape index (κ1) is 14.9. The second-order valence-corrected chi connectivity index (χ2v) is 4.73. The predicted octanol–water partition coefficient (Wildman–Crippen LogP) is 3.68. The molecule has 108 valence electrons. The summed E-state index contributed by atoms with van der Waals surface area (Å²) in [6.45, 7) is 3.98. The molecule has 21 heavy (non-hydrogen) atoms. The van der Waals surface area contributed by atoms with Gasteiger partial charge in [-0.05, 0) is 37.1 Å². The standard InChI is InChI=1S/C17H17FN2O/c1-3-16(13-9-7-12(2)8-10-13)19-20-17(21)14-5-4-6-15(18)11-14/h4-11H,3H2,1-2H3,(H,20,21)/b19-16+. The summed E-state index contributed by atoms with van der Waals surface area (Å²) >= 11 is 0. The van der Waals surface area contributed by atoms with E-state index in [4.69, 9.17) is 0 Å². The number of hydrazone groups is 1. The summed E-state index contributed by atoms with van der Waals surface area (Å²) in [6.07, 6.45) is 0.687. The number of aryl methyl sites for hydroxylation is 1. The SMILES string of the molecule is CC/C(=N\NC(=O)c1cccc(F)c1)c1ccc(C)cc1. The predicted molar refractivity (Wildman–Crippen MR) is 81.9 cm³/mol. The van der Waals surface area contributed by atoms with Crippen LogP contribution in [0.4, 0.5) is 4.39 Å². The maximum absolute atomic E-state index is 13.1. The molecular weight excluding hydrogens is 267 g/mol. The third kappa shape index (κ3) is 3.99. The van der Waals surface area contributed by atoms with E-state index in [1.807, 2.05) is 38.1 Å². The van der Waals surface area contributed by atoms with E-state index in [0.29, 0.717) is 6.42 Å². The van der Waals surface area contributed by atoms with E-state index in [-0.39, 0.29) is 5.56 Å². The van der Waals surface area contributed by atoms with Gasteiger partial charge in [0.15, 0.2) is 0 Å². The van der Waals surface area contributed by atoms with Gasteiger partial charge in [-0.15, -0.1) is 0 Å². The summed E-state index contributed by atoms with van der Waals surface area (Å²) in [5.41, 5.74) is 5.62. The Hall–Kier alpha value is -2.49. The Balaban J connectivity index is 2.14. The van der Waals surface area contributed by atoms with Gasteiger partial charge in [0.1, 0.15) is 5.82 Å². The van der Waals surface area contributed by atoms with Crippen molar-refractivity contribution in [2.75, 3.05) is 0 Å². The Morgan fingerprint density at radius 3 is 2.48 bits per heavy atom. The van der Waals surface area contributed by atoms with Gasteiger partial charge >= 0.3 is 0 Å². The molecular formula is C17H17FN2O. The molecule has 0 radical (unpaired) electrons. The Morgan fingerprint density at radius 1 is 1.14 bits per heavy atom. The van der Waals surface area contributed by atoms with Crippen molar-refractivity contribution in [3.8, 4) is 0 Å². The van der Waals surface area contributed by atoms with Crippen LogP contribution in [0.25, 0.3) is 0 Å². The summed E-state index contributed by atoms with van der Waals surface area (Å²) < 4.78 is 13.1. The molecule has 0 heterocycles. The van der Waals surface area contributed by atoms with Crippen LogP contribution in [0.15, 0.2) is 53.6 Å². The highest BCUT2D eigenvalue weighted by molar-refractivity contribution is 6.02. The van der Waals surface area contributed by atoms with Crippen molar-refractivity contribution < 1.29 is 9.18 Å². The van der Waals surface area contributed by atoms with Crippen molar-refractivity contribution in [1.29, 1.82) is 0 Å². The number of amides is 1. The fourth-order valence-electron chi connectivity index (χ4n) is 1.91. The van der Waals surface area contributed by atoms with Gasteiger partial charge in [-0.25, -0.2) is 9.82 Å². The normalized spacial score (nSPS) is 11.3. The number of hydrogen-bond acceptors (Lipinski definition) is 2. The summed E-state index contributed by atoms with van der Waals surface area (Å²) in [7, 11) is 0. The molecule has 1 N–H and O–H groups in total. The molecule has 0 saturated carbocycles. The number of nitrogens with one attached hydrogen (secondary N) is 1. The Labute approximate surface area is 123 Å². The molecule has 0 aromatic heterocycles. The van der Waals surface area contributed by atoms with Gasteiger partial charge in [-0.3, -0.25) is 4.79 Å². The summed E-state index contributed by atoms with van der Waals surface area (Å²) in [6, 6.07) is 13.4. The van der Waals surface area contributed by atoms with Crippen LogP contribution in [0.1, 0.15) is 34.8 Å². The first-order valence-corrected chi connectivity index (χ1v) is 6.79. The van der Waals surface area contributed by atoms with E-state index in [2.05, 4.69) is 10.5 Å². The minimum Gasteiger partial charge on any atom is -0.267 e. The van der Waals surface area contributed by atoms with Crippen LogP contribution in [0, 0.1) is 12.7 Å². The third-order valence-corrected chi connectivity index (χ3v) is 3.10. The fourth-order valence-corrected chi connectivity index (χ4v) is 1.91. The van der Waals surface area contributed by atoms with Crippen molar-refractivity contribution in [3.63, 3.8) is 0 Å². The van der Waals surface area contributed by atoms with E-state index >= 15 is 0 Å². The van der Waals surface area contributed by atoms with Gasteiger partial charge in [-0.1, -0.05) is 42.8 Å². The topological polar surface area (TPSA) is 41.5 Å². The molecule has 2 aromatic rings. The van der Waals surface area contributed by atoms with E-state index < -0.39 is 11.7 Å². The molecule has 3 nitrogen and oxygen atoms in total. The first-order chi connectivity index (χ1) is 10.1. The van der Waals surface area contributed by atoms with Crippen LogP contribution in [0.2, 0.25) is 0 Å². The number of carbonyl (C=O) groups is 1. The van der Waals surface area contributed by atoms with Gasteiger partial charge in [0.2, 0.25) is 0 Å². The molecule has 0 bridgehead atoms. The van der Waals surface area contributed by atoms with Crippen LogP contribution in [0.5, 0.6) is 0 Å². The second-order valence-electron chi connectivity index (χ2n) is 4.73. The maximum atomic E-state index is 13.1. The zero-order valence-corrected chi connectivity index (χ0v) is 12.1. The molecule has 0 fully saturated rings. The van der Waals surface area contributed by atoms with Crippen LogP contribution in [0.3, 0.4) is 0 Å². The monoisotopic (exact) mass is 284 g/mol. The van der Waals surface area contributed by atoms with Crippen LogP contribution < -0.4 is 5.43 Å². The van der Waals surface area contributed by atoms with Crippen molar-refractivity contribution in [3.05, 3.63) is 71.0 Å². The van der Waals surface area contributed by atoms with E-state index in [0.717, 1.165) is 16.8 Å². The first-order valence-electron chi connectivity index (χ1n) is 6.79. The van der Waals surface area contributed by atoms with Crippen molar-refractivity contribution in [1.82, 2.24) is 5.43 Å². The van der Waals surface area contributed by atoms with Gasteiger partial charge in [-0.2, -0.15) is 5.10 Å². The average Bonchev–Trinajstić information content (AvgIpc) is 2.49. The molecule has 0 spiro atoms. The van der Waals surface area contributed by atoms with Crippen LogP contribution in [-0.4, -0.2) is 11.6 Å². The lowest BCUT2D eigenvalue weighted by molar-refractivity contribution is 0.0954. The highest BCUT2D eigenvalue weighted by Gasteiger charge is 2.07. The molecule has 4 heteroatoms. The zero-order valence-electron chi connectivity index (χ0n) is 12.1. The molecule has 0 aliphatic carbocycles. The van der Waals surface area contributed by atoms with E-state index in [1.165, 1.54) is 18.2 Å². The number of nitrogens with zero attached hydrogens (tertiary/aromatic N) is 1.